The average molecular weight is 422 g/mol. The second-order valence-corrected chi connectivity index (χ2v) is 6.25. The Morgan fingerprint density at radius 1 is 1.04 bits per heavy atom. The number of hydrogen-bond donors (Lipinski definition) is 1. The lowest BCUT2D eigenvalue weighted by molar-refractivity contribution is 0.0955. The summed E-state index contributed by atoms with van der Waals surface area (Å²) in [6.45, 7) is 2.93. The second-order valence-electron chi connectivity index (χ2n) is 5.00. The van der Waals surface area contributed by atoms with E-state index in [1.165, 1.54) is 0 Å². The van der Waals surface area contributed by atoms with Crippen LogP contribution in [0.3, 0.4) is 0 Å². The normalized spacial score (nSPS) is 13.6. The lowest BCUT2D eigenvalue weighted by Gasteiger charge is -2.18. The molecule has 0 saturated heterocycles. The molecule has 6 heteroatoms. The van der Waals surface area contributed by atoms with Crippen LogP contribution in [0.15, 0.2) is 47.6 Å². The molecular weight excluding hydrogens is 407 g/mol. The Morgan fingerprint density at radius 2 is 1.70 bits per heavy atom. The van der Waals surface area contributed by atoms with Crippen LogP contribution in [0.25, 0.3) is 0 Å². The molecule has 1 heterocycles. The molecule has 0 aromatic heterocycles. The summed E-state index contributed by atoms with van der Waals surface area (Å²) < 4.78 is 12.1. The first kappa shape index (κ1) is 15.8. The topological polar surface area (TPSA) is 59.9 Å². The molecule has 118 valence electrons. The first-order valence-electron chi connectivity index (χ1n) is 7.14. The van der Waals surface area contributed by atoms with Crippen LogP contribution in [0.4, 0.5) is 0 Å². The largest absolute Gasteiger partial charge is 0.486 e. The van der Waals surface area contributed by atoms with E-state index in [1.807, 2.05) is 37.3 Å². The zero-order chi connectivity index (χ0) is 16.2. The van der Waals surface area contributed by atoms with Gasteiger partial charge in [0.1, 0.15) is 13.2 Å². The Morgan fingerprint density at radius 3 is 2.43 bits per heavy atom. The van der Waals surface area contributed by atoms with Crippen molar-refractivity contribution in [3.8, 4) is 11.5 Å². The minimum atomic E-state index is -0.238. The number of amides is 1. The van der Waals surface area contributed by atoms with Gasteiger partial charge in [0.05, 0.1) is 5.71 Å². The Bertz CT molecular complexity index is 757. The fourth-order valence-corrected chi connectivity index (χ4v) is 2.49. The van der Waals surface area contributed by atoms with Gasteiger partial charge in [-0.2, -0.15) is 5.10 Å². The van der Waals surface area contributed by atoms with Gasteiger partial charge in [-0.3, -0.25) is 4.79 Å². The number of nitrogens with zero attached hydrogens (tertiary/aromatic N) is 1. The minimum Gasteiger partial charge on any atom is -0.486 e. The van der Waals surface area contributed by atoms with Crippen LogP contribution in [0.1, 0.15) is 22.8 Å². The van der Waals surface area contributed by atoms with Crippen molar-refractivity contribution in [2.75, 3.05) is 13.2 Å². The summed E-state index contributed by atoms with van der Waals surface area (Å²) in [5.74, 6) is 1.20. The molecule has 5 nitrogen and oxygen atoms in total. The second kappa shape index (κ2) is 6.99. The van der Waals surface area contributed by atoms with Crippen molar-refractivity contribution in [1.29, 1.82) is 0 Å². The third-order valence-electron chi connectivity index (χ3n) is 3.39. The molecule has 3 rings (SSSR count). The molecule has 0 unspecified atom stereocenters. The predicted octanol–water partition coefficient (Wildman–Crippen LogP) is 3.22. The lowest BCUT2D eigenvalue weighted by atomic mass is 10.1. The Hall–Kier alpha value is -2.09. The fraction of sp³-hybridized carbons (Fsp3) is 0.176. The molecule has 1 aliphatic heterocycles. The van der Waals surface area contributed by atoms with Crippen molar-refractivity contribution in [2.24, 2.45) is 5.10 Å². The van der Waals surface area contributed by atoms with Crippen LogP contribution in [0, 0.1) is 3.57 Å². The molecule has 0 radical (unpaired) electrons. The van der Waals surface area contributed by atoms with E-state index in [4.69, 9.17) is 9.47 Å². The molecule has 0 spiro atoms. The summed E-state index contributed by atoms with van der Waals surface area (Å²) in [5, 5.41) is 4.16. The molecule has 0 atom stereocenters. The molecule has 0 saturated carbocycles. The number of halogens is 1. The highest BCUT2D eigenvalue weighted by Crippen LogP contribution is 2.30. The number of nitrogens with one attached hydrogen (secondary N) is 1. The zero-order valence-electron chi connectivity index (χ0n) is 12.5. The number of hydrogen-bond acceptors (Lipinski definition) is 4. The van der Waals surface area contributed by atoms with Gasteiger partial charge >= 0.3 is 0 Å². The van der Waals surface area contributed by atoms with Crippen molar-refractivity contribution in [3.05, 3.63) is 57.2 Å². The highest BCUT2D eigenvalue weighted by molar-refractivity contribution is 14.1. The monoisotopic (exact) mass is 422 g/mol. The van der Waals surface area contributed by atoms with Gasteiger partial charge in [0.2, 0.25) is 0 Å². The fourth-order valence-electron chi connectivity index (χ4n) is 2.13. The number of rotatable bonds is 3. The molecule has 23 heavy (non-hydrogen) atoms. The molecule has 0 bridgehead atoms. The quantitative estimate of drug-likeness (QED) is 0.470. The Labute approximate surface area is 147 Å². The molecule has 1 amide bonds. The van der Waals surface area contributed by atoms with Gasteiger partial charge in [-0.05, 0) is 72.0 Å². The maximum Gasteiger partial charge on any atom is 0.271 e. The maximum absolute atomic E-state index is 12.1. The molecule has 2 aromatic rings. The number of carbonyl (C=O) groups excluding carboxylic acids is 1. The number of hydrazone groups is 1. The van der Waals surface area contributed by atoms with Gasteiger partial charge in [-0.1, -0.05) is 0 Å². The van der Waals surface area contributed by atoms with Gasteiger partial charge in [-0.15, -0.1) is 0 Å². The summed E-state index contributed by atoms with van der Waals surface area (Å²) >= 11 is 2.20. The van der Waals surface area contributed by atoms with Crippen LogP contribution in [-0.2, 0) is 0 Å². The van der Waals surface area contributed by atoms with E-state index in [2.05, 4.69) is 33.1 Å². The maximum atomic E-state index is 12.1. The third-order valence-corrected chi connectivity index (χ3v) is 4.11. The smallest absolute Gasteiger partial charge is 0.271 e. The van der Waals surface area contributed by atoms with Crippen LogP contribution in [0.2, 0.25) is 0 Å². The highest BCUT2D eigenvalue weighted by Gasteiger charge is 2.13. The van der Waals surface area contributed by atoms with E-state index >= 15 is 0 Å². The Kier molecular flexibility index (Phi) is 4.80. The zero-order valence-corrected chi connectivity index (χ0v) is 14.7. The van der Waals surface area contributed by atoms with Gasteiger partial charge in [0.25, 0.3) is 5.91 Å². The van der Waals surface area contributed by atoms with Crippen molar-refractivity contribution >= 4 is 34.2 Å². The number of benzene rings is 2. The van der Waals surface area contributed by atoms with E-state index in [0.29, 0.717) is 30.2 Å². The van der Waals surface area contributed by atoms with Crippen LogP contribution in [-0.4, -0.2) is 24.8 Å². The molecular formula is C17H15IN2O3. The molecule has 0 aliphatic carbocycles. The minimum absolute atomic E-state index is 0.238. The van der Waals surface area contributed by atoms with Gasteiger partial charge in [0, 0.05) is 14.7 Å². The van der Waals surface area contributed by atoms with E-state index in [0.717, 1.165) is 14.9 Å². The van der Waals surface area contributed by atoms with Crippen LogP contribution >= 0.6 is 22.6 Å². The van der Waals surface area contributed by atoms with Gasteiger partial charge in [-0.25, -0.2) is 5.43 Å². The lowest BCUT2D eigenvalue weighted by Crippen LogP contribution is -2.19. The van der Waals surface area contributed by atoms with Gasteiger partial charge in [0.15, 0.2) is 11.5 Å². The van der Waals surface area contributed by atoms with E-state index in [9.17, 15) is 4.79 Å². The Balaban J connectivity index is 1.72. The highest BCUT2D eigenvalue weighted by atomic mass is 127. The molecule has 1 N–H and O–H groups in total. The van der Waals surface area contributed by atoms with E-state index in [-0.39, 0.29) is 5.91 Å². The first-order chi connectivity index (χ1) is 11.1. The van der Waals surface area contributed by atoms with E-state index < -0.39 is 0 Å². The number of fused-ring (bicyclic) bond motifs is 1. The standard InChI is InChI=1S/C17H15IN2O3/c1-11(13-4-7-15-16(10-13)23-9-8-22-15)19-20-17(21)12-2-5-14(18)6-3-12/h2-7,10H,8-9H2,1H3,(H,20,21)/b19-11-. The van der Waals surface area contributed by atoms with E-state index in [1.54, 1.807) is 12.1 Å². The van der Waals surface area contributed by atoms with Crippen molar-refractivity contribution in [1.82, 2.24) is 5.43 Å². The third kappa shape index (κ3) is 3.82. The predicted molar refractivity (Wildman–Crippen MR) is 96.3 cm³/mol. The molecule has 1 aliphatic rings. The van der Waals surface area contributed by atoms with Crippen LogP contribution < -0.4 is 14.9 Å². The molecule has 2 aromatic carbocycles. The SMILES string of the molecule is C/C(=N/NC(=O)c1ccc(I)cc1)c1ccc2c(c1)OCCO2. The summed E-state index contributed by atoms with van der Waals surface area (Å²) in [7, 11) is 0. The van der Waals surface area contributed by atoms with Crippen molar-refractivity contribution in [2.45, 2.75) is 6.92 Å². The van der Waals surface area contributed by atoms with Crippen molar-refractivity contribution < 1.29 is 14.3 Å². The summed E-state index contributed by atoms with van der Waals surface area (Å²) in [4.78, 5) is 12.1. The summed E-state index contributed by atoms with van der Waals surface area (Å²) in [6, 6.07) is 12.9. The van der Waals surface area contributed by atoms with Gasteiger partial charge < -0.3 is 9.47 Å². The number of carbonyl (C=O) groups is 1. The summed E-state index contributed by atoms with van der Waals surface area (Å²) in [6.07, 6.45) is 0. The van der Waals surface area contributed by atoms with Crippen LogP contribution in [0.5, 0.6) is 11.5 Å². The first-order valence-corrected chi connectivity index (χ1v) is 8.21. The van der Waals surface area contributed by atoms with Crippen molar-refractivity contribution in [3.63, 3.8) is 0 Å². The molecule has 0 fully saturated rings. The average Bonchev–Trinajstić information content (AvgIpc) is 2.59. The summed E-state index contributed by atoms with van der Waals surface area (Å²) in [5.41, 5.74) is 4.71. The number of ether oxygens (including phenoxy) is 2.